The number of nitrogens with zero attached hydrogens (tertiary/aromatic N) is 2. The maximum atomic E-state index is 12.3. The van der Waals surface area contributed by atoms with E-state index in [-0.39, 0.29) is 28.2 Å². The van der Waals surface area contributed by atoms with Crippen molar-refractivity contribution < 1.29 is 26.3 Å². The van der Waals surface area contributed by atoms with Crippen molar-refractivity contribution in [2.75, 3.05) is 11.9 Å². The van der Waals surface area contributed by atoms with Crippen LogP contribution in [0.15, 0.2) is 24.3 Å². The number of fused-ring (bicyclic) bond motifs is 3. The largest absolute Gasteiger partial charge is 1.00 e. The first-order valence-corrected chi connectivity index (χ1v) is 6.77. The zero-order chi connectivity index (χ0) is 13.6. The molecule has 0 amide bonds. The molecule has 3 rings (SSSR count). The molecule has 2 heterocycles. The zero-order valence-corrected chi connectivity index (χ0v) is 13.7. The molecule has 5 heteroatoms. The highest BCUT2D eigenvalue weighted by molar-refractivity contribution is 5.86. The molecule has 2 aromatic rings. The fourth-order valence-electron chi connectivity index (χ4n) is 2.53. The van der Waals surface area contributed by atoms with Gasteiger partial charge in [0.2, 0.25) is 0 Å². The second-order valence-corrected chi connectivity index (χ2v) is 6.15. The zero-order valence-electron chi connectivity index (χ0n) is 12.1. The van der Waals surface area contributed by atoms with Crippen LogP contribution in [0.25, 0.3) is 11.0 Å². The Morgan fingerprint density at radius 3 is 2.75 bits per heavy atom. The first-order chi connectivity index (χ1) is 8.98. The van der Waals surface area contributed by atoms with Crippen molar-refractivity contribution in [2.45, 2.75) is 33.9 Å². The second kappa shape index (κ2) is 5.20. The summed E-state index contributed by atoms with van der Waals surface area (Å²) in [6, 6.07) is 8.27. The molecule has 108 valence electrons. The molecule has 0 saturated heterocycles. The van der Waals surface area contributed by atoms with E-state index in [1.165, 1.54) is 5.52 Å². The van der Waals surface area contributed by atoms with Crippen LogP contribution in [0.3, 0.4) is 0 Å². The maximum Gasteiger partial charge on any atom is 0.359 e. The second-order valence-electron chi connectivity index (χ2n) is 6.15. The van der Waals surface area contributed by atoms with E-state index < -0.39 is 0 Å². The Labute approximate surface area is 129 Å². The van der Waals surface area contributed by atoms with Crippen LogP contribution < -0.4 is 26.9 Å². The highest BCUT2D eigenvalue weighted by Crippen LogP contribution is 2.23. The third-order valence-corrected chi connectivity index (χ3v) is 3.73. The minimum absolute atomic E-state index is 0. The smallest absolute Gasteiger partial charge is 0.359 e. The summed E-state index contributed by atoms with van der Waals surface area (Å²) >= 11 is 0. The van der Waals surface area contributed by atoms with Crippen LogP contribution in [0.1, 0.15) is 20.8 Å². The molecule has 1 aromatic heterocycles. The molecule has 0 aliphatic carbocycles. The van der Waals surface area contributed by atoms with Gasteiger partial charge in [-0.2, -0.15) is 0 Å². The number of hydrogen-bond donors (Lipinski definition) is 1. The van der Waals surface area contributed by atoms with E-state index in [2.05, 4.69) is 26.6 Å². The van der Waals surface area contributed by atoms with Crippen molar-refractivity contribution in [2.24, 2.45) is 5.41 Å². The number of imidazole rings is 1. The van der Waals surface area contributed by atoms with Crippen LogP contribution in [0.4, 0.5) is 5.95 Å². The first-order valence-electron chi connectivity index (χ1n) is 6.77. The lowest BCUT2D eigenvalue weighted by Gasteiger charge is -2.15. The lowest BCUT2D eigenvalue weighted by atomic mass is 9.91. The molecular formula is C15H20BrN3O. The van der Waals surface area contributed by atoms with Crippen molar-refractivity contribution in [3.8, 4) is 0 Å². The molecule has 0 unspecified atom stereocenters. The van der Waals surface area contributed by atoms with Gasteiger partial charge in [-0.3, -0.25) is 10.1 Å². The predicted molar refractivity (Wildman–Crippen MR) is 75.1 cm³/mol. The Morgan fingerprint density at radius 2 is 2.05 bits per heavy atom. The van der Waals surface area contributed by atoms with Crippen molar-refractivity contribution in [3.63, 3.8) is 0 Å². The van der Waals surface area contributed by atoms with Crippen molar-refractivity contribution in [1.82, 2.24) is 4.57 Å². The molecule has 0 radical (unpaired) electrons. The van der Waals surface area contributed by atoms with Crippen molar-refractivity contribution in [1.29, 1.82) is 0 Å². The Kier molecular flexibility index (Phi) is 3.91. The number of hydrogen-bond acceptors (Lipinski definition) is 2. The SMILES string of the molecule is CC(C)(C)C(=O)Cn1c2[n+](c3ccccc31)CCN2.[Br-]. The molecule has 4 nitrogen and oxygen atoms in total. The van der Waals surface area contributed by atoms with Gasteiger partial charge in [-0.15, -0.1) is 0 Å². The van der Waals surface area contributed by atoms with Crippen LogP contribution in [0.2, 0.25) is 0 Å². The number of carbonyl (C=O) groups excluding carboxylic acids is 1. The van der Waals surface area contributed by atoms with Crippen molar-refractivity contribution >= 4 is 22.8 Å². The molecule has 1 aliphatic heterocycles. The van der Waals surface area contributed by atoms with Crippen LogP contribution >= 0.6 is 0 Å². The number of ketones is 1. The van der Waals surface area contributed by atoms with Gasteiger partial charge in [0.25, 0.3) is 0 Å². The molecule has 1 aliphatic rings. The summed E-state index contributed by atoms with van der Waals surface area (Å²) in [6.45, 7) is 8.25. The van der Waals surface area contributed by atoms with Gasteiger partial charge in [-0.05, 0) is 12.1 Å². The van der Waals surface area contributed by atoms with Crippen LogP contribution in [-0.2, 0) is 17.9 Å². The topological polar surface area (TPSA) is 37.9 Å². The highest BCUT2D eigenvalue weighted by atomic mass is 79.9. The number of rotatable bonds is 2. The van der Waals surface area contributed by atoms with E-state index in [0.29, 0.717) is 6.54 Å². The highest BCUT2D eigenvalue weighted by Gasteiger charge is 2.31. The predicted octanol–water partition coefficient (Wildman–Crippen LogP) is -1.03. The van der Waals surface area contributed by atoms with Crippen molar-refractivity contribution in [3.05, 3.63) is 24.3 Å². The molecule has 1 aromatic carbocycles. The fraction of sp³-hybridized carbons (Fsp3) is 0.467. The Hall–Kier alpha value is -1.36. The minimum atomic E-state index is -0.304. The average molecular weight is 338 g/mol. The number of halogens is 1. The third-order valence-electron chi connectivity index (χ3n) is 3.73. The molecule has 20 heavy (non-hydrogen) atoms. The quantitative estimate of drug-likeness (QED) is 0.712. The summed E-state index contributed by atoms with van der Waals surface area (Å²) < 4.78 is 4.36. The number of carbonyl (C=O) groups is 1. The van der Waals surface area contributed by atoms with Gasteiger partial charge in [-0.25, -0.2) is 9.13 Å². The van der Waals surface area contributed by atoms with E-state index in [9.17, 15) is 4.79 Å². The number of benzene rings is 1. The number of aromatic nitrogens is 2. The Morgan fingerprint density at radius 1 is 1.35 bits per heavy atom. The van der Waals surface area contributed by atoms with Crippen LogP contribution in [0, 0.1) is 5.41 Å². The summed E-state index contributed by atoms with van der Waals surface area (Å²) in [6.07, 6.45) is 0. The monoisotopic (exact) mass is 337 g/mol. The number of Topliss-reactive ketones (excluding diaryl/α,β-unsaturated/α-hetero) is 1. The van der Waals surface area contributed by atoms with Gasteiger partial charge in [0.05, 0.1) is 6.54 Å². The van der Waals surface area contributed by atoms with E-state index in [0.717, 1.165) is 24.6 Å². The van der Waals surface area contributed by atoms with E-state index in [1.807, 2.05) is 32.9 Å². The summed E-state index contributed by atoms with van der Waals surface area (Å²) in [5, 5.41) is 3.39. The van der Waals surface area contributed by atoms with E-state index in [1.54, 1.807) is 0 Å². The average Bonchev–Trinajstić information content (AvgIpc) is 2.91. The number of anilines is 1. The molecular weight excluding hydrogens is 318 g/mol. The molecule has 0 saturated carbocycles. The Balaban J connectivity index is 0.00000147. The molecule has 0 fully saturated rings. The Bertz CT molecular complexity index is 655. The summed E-state index contributed by atoms with van der Waals surface area (Å²) in [7, 11) is 0. The molecule has 0 bridgehead atoms. The number of para-hydroxylation sites is 2. The lowest BCUT2D eigenvalue weighted by Crippen LogP contribution is -3.00. The standard InChI is InChI=1S/C15H19N3O.BrH/c1-15(2,3)13(19)10-18-12-7-5-4-6-11(12)17-9-8-16-14(17)18;/h4-7H,8-10H2,1-3H3;1H. The maximum absolute atomic E-state index is 12.3. The van der Waals surface area contributed by atoms with E-state index in [4.69, 9.17) is 0 Å². The van der Waals surface area contributed by atoms with Gasteiger partial charge in [0.15, 0.2) is 5.78 Å². The van der Waals surface area contributed by atoms with Crippen LogP contribution in [0.5, 0.6) is 0 Å². The normalized spacial score (nSPS) is 13.8. The molecule has 0 spiro atoms. The van der Waals surface area contributed by atoms with Gasteiger partial charge >= 0.3 is 5.95 Å². The van der Waals surface area contributed by atoms with Gasteiger partial charge in [-0.1, -0.05) is 32.9 Å². The number of nitrogens with one attached hydrogen (secondary N) is 1. The summed E-state index contributed by atoms with van der Waals surface area (Å²) in [4.78, 5) is 12.3. The third kappa shape index (κ3) is 2.35. The van der Waals surface area contributed by atoms with E-state index >= 15 is 0 Å². The van der Waals surface area contributed by atoms with Gasteiger partial charge in [0, 0.05) is 5.41 Å². The minimum Gasteiger partial charge on any atom is -1.00 e. The molecule has 0 atom stereocenters. The summed E-state index contributed by atoms with van der Waals surface area (Å²) in [5.41, 5.74) is 2.02. The fourth-order valence-corrected chi connectivity index (χ4v) is 2.53. The first kappa shape index (κ1) is 15.0. The van der Waals surface area contributed by atoms with Gasteiger partial charge < -0.3 is 17.0 Å². The molecule has 1 N–H and O–H groups in total. The lowest BCUT2D eigenvalue weighted by molar-refractivity contribution is -0.644. The summed E-state index contributed by atoms with van der Waals surface area (Å²) in [5.74, 6) is 1.31. The van der Waals surface area contributed by atoms with Crippen LogP contribution in [-0.4, -0.2) is 16.9 Å². The van der Waals surface area contributed by atoms with Gasteiger partial charge in [0.1, 0.15) is 24.1 Å².